The third kappa shape index (κ3) is 3.80. The highest BCUT2D eigenvalue weighted by molar-refractivity contribution is 5.78. The number of hydrogen-bond donors (Lipinski definition) is 1. The normalized spacial score (nSPS) is 19.9. The summed E-state index contributed by atoms with van der Waals surface area (Å²) in [5.74, 6) is 0.870. The van der Waals surface area contributed by atoms with Crippen LogP contribution in [0, 0.1) is 20.8 Å². The van der Waals surface area contributed by atoms with Crippen molar-refractivity contribution >= 4 is 5.91 Å². The Bertz CT molecular complexity index is 517. The molecule has 2 N–H and O–H groups in total. The van der Waals surface area contributed by atoms with Gasteiger partial charge in [0.15, 0.2) is 6.61 Å². The van der Waals surface area contributed by atoms with Gasteiger partial charge in [0, 0.05) is 18.6 Å². The van der Waals surface area contributed by atoms with Gasteiger partial charge in [-0.15, -0.1) is 0 Å². The molecule has 1 aliphatic rings. The lowest BCUT2D eigenvalue weighted by Crippen LogP contribution is -2.52. The summed E-state index contributed by atoms with van der Waals surface area (Å²) in [4.78, 5) is 14.4. The van der Waals surface area contributed by atoms with Crippen molar-refractivity contribution in [3.8, 4) is 5.75 Å². The number of ether oxygens (including phenoxy) is 1. The number of amides is 1. The zero-order valence-electron chi connectivity index (χ0n) is 14.2. The van der Waals surface area contributed by atoms with Gasteiger partial charge in [-0.3, -0.25) is 4.79 Å². The minimum Gasteiger partial charge on any atom is -0.483 e. The number of piperidine rings is 1. The van der Waals surface area contributed by atoms with Gasteiger partial charge >= 0.3 is 0 Å². The van der Waals surface area contributed by atoms with Gasteiger partial charge in [0.25, 0.3) is 5.91 Å². The summed E-state index contributed by atoms with van der Waals surface area (Å²) in [6.45, 7) is 8.96. The Labute approximate surface area is 133 Å². The second-order valence-corrected chi connectivity index (χ2v) is 6.53. The first-order valence-electron chi connectivity index (χ1n) is 8.16. The molecule has 0 aliphatic carbocycles. The largest absolute Gasteiger partial charge is 0.483 e. The SMILES string of the molecule is Cc1cc(C)c(OCC(=O)N2CCCCC2C(C)N)c(C)c1. The molecule has 22 heavy (non-hydrogen) atoms. The summed E-state index contributed by atoms with van der Waals surface area (Å²) >= 11 is 0. The van der Waals surface area contributed by atoms with Crippen LogP contribution in [0.3, 0.4) is 0 Å². The van der Waals surface area contributed by atoms with E-state index in [0.717, 1.165) is 42.7 Å². The van der Waals surface area contributed by atoms with Gasteiger partial charge < -0.3 is 15.4 Å². The van der Waals surface area contributed by atoms with Crippen LogP contribution in [-0.4, -0.2) is 36.0 Å². The van der Waals surface area contributed by atoms with Crippen LogP contribution in [0.25, 0.3) is 0 Å². The Balaban J connectivity index is 2.03. The molecule has 2 rings (SSSR count). The van der Waals surface area contributed by atoms with Crippen molar-refractivity contribution in [2.24, 2.45) is 5.73 Å². The molecule has 1 aliphatic heterocycles. The molecule has 4 heteroatoms. The van der Waals surface area contributed by atoms with Crippen molar-refractivity contribution in [1.29, 1.82) is 0 Å². The van der Waals surface area contributed by atoms with Gasteiger partial charge in [0.1, 0.15) is 5.75 Å². The number of nitrogens with two attached hydrogens (primary N) is 1. The number of carbonyl (C=O) groups excluding carboxylic acids is 1. The number of hydrogen-bond acceptors (Lipinski definition) is 3. The van der Waals surface area contributed by atoms with Crippen molar-refractivity contribution in [1.82, 2.24) is 4.90 Å². The highest BCUT2D eigenvalue weighted by Gasteiger charge is 2.29. The third-order valence-corrected chi connectivity index (χ3v) is 4.42. The van der Waals surface area contributed by atoms with E-state index in [1.807, 2.05) is 25.7 Å². The predicted molar refractivity (Wildman–Crippen MR) is 89.1 cm³/mol. The van der Waals surface area contributed by atoms with E-state index in [1.165, 1.54) is 5.56 Å². The number of aryl methyl sites for hydroxylation is 3. The predicted octanol–water partition coefficient (Wildman–Crippen LogP) is 2.72. The minimum atomic E-state index is 0.00657. The summed E-state index contributed by atoms with van der Waals surface area (Å²) in [7, 11) is 0. The van der Waals surface area contributed by atoms with E-state index < -0.39 is 0 Å². The maximum Gasteiger partial charge on any atom is 0.260 e. The quantitative estimate of drug-likeness (QED) is 0.930. The lowest BCUT2D eigenvalue weighted by molar-refractivity contribution is -0.137. The Kier molecular flexibility index (Phi) is 5.46. The molecule has 122 valence electrons. The molecule has 1 aromatic rings. The topological polar surface area (TPSA) is 55.6 Å². The van der Waals surface area contributed by atoms with Crippen molar-refractivity contribution in [3.63, 3.8) is 0 Å². The fraction of sp³-hybridized carbons (Fsp3) is 0.611. The molecule has 1 amide bonds. The first-order valence-corrected chi connectivity index (χ1v) is 8.16. The molecule has 0 saturated carbocycles. The van der Waals surface area contributed by atoms with E-state index in [9.17, 15) is 4.79 Å². The number of carbonyl (C=O) groups is 1. The molecule has 2 unspecified atom stereocenters. The van der Waals surface area contributed by atoms with Gasteiger partial charge in [0.2, 0.25) is 0 Å². The molecule has 1 aromatic carbocycles. The molecule has 2 atom stereocenters. The van der Waals surface area contributed by atoms with E-state index in [1.54, 1.807) is 0 Å². The molecular formula is C18H28N2O2. The highest BCUT2D eigenvalue weighted by Crippen LogP contribution is 2.25. The molecule has 4 nitrogen and oxygen atoms in total. The monoisotopic (exact) mass is 304 g/mol. The van der Waals surface area contributed by atoms with E-state index in [-0.39, 0.29) is 24.6 Å². The second kappa shape index (κ2) is 7.14. The van der Waals surface area contributed by atoms with E-state index in [2.05, 4.69) is 19.1 Å². The van der Waals surface area contributed by atoms with Crippen LogP contribution in [0.5, 0.6) is 5.75 Å². The van der Waals surface area contributed by atoms with Gasteiger partial charge in [-0.1, -0.05) is 17.7 Å². The molecule has 1 heterocycles. The van der Waals surface area contributed by atoms with Crippen LogP contribution in [0.4, 0.5) is 0 Å². The standard InChI is InChI=1S/C18H28N2O2/c1-12-9-13(2)18(14(3)10-12)22-11-17(21)20-8-6-5-7-16(20)15(4)19/h9-10,15-16H,5-8,11,19H2,1-4H3. The molecular weight excluding hydrogens is 276 g/mol. The van der Waals surface area contributed by atoms with Crippen LogP contribution < -0.4 is 10.5 Å². The fourth-order valence-electron chi connectivity index (χ4n) is 3.42. The van der Waals surface area contributed by atoms with Crippen molar-refractivity contribution in [2.75, 3.05) is 13.2 Å². The Hall–Kier alpha value is -1.55. The molecule has 1 saturated heterocycles. The van der Waals surface area contributed by atoms with Crippen molar-refractivity contribution < 1.29 is 9.53 Å². The Morgan fingerprint density at radius 1 is 1.32 bits per heavy atom. The van der Waals surface area contributed by atoms with Crippen molar-refractivity contribution in [2.45, 2.75) is 59.0 Å². The smallest absolute Gasteiger partial charge is 0.260 e. The molecule has 0 aromatic heterocycles. The third-order valence-electron chi connectivity index (χ3n) is 4.42. The summed E-state index contributed by atoms with van der Waals surface area (Å²) < 4.78 is 5.83. The van der Waals surface area contributed by atoms with E-state index in [0.29, 0.717) is 0 Å². The summed E-state index contributed by atoms with van der Waals surface area (Å²) in [6, 6.07) is 4.31. The number of likely N-dealkylation sites (tertiary alicyclic amines) is 1. The van der Waals surface area contributed by atoms with Crippen LogP contribution >= 0.6 is 0 Å². The molecule has 0 bridgehead atoms. The highest BCUT2D eigenvalue weighted by atomic mass is 16.5. The Morgan fingerprint density at radius 2 is 1.95 bits per heavy atom. The summed E-state index contributed by atoms with van der Waals surface area (Å²) in [6.07, 6.45) is 3.19. The zero-order chi connectivity index (χ0) is 16.3. The average molecular weight is 304 g/mol. The lowest BCUT2D eigenvalue weighted by atomic mass is 9.97. The van der Waals surface area contributed by atoms with Crippen LogP contribution in [0.2, 0.25) is 0 Å². The number of benzene rings is 1. The summed E-state index contributed by atoms with van der Waals surface area (Å²) in [5.41, 5.74) is 9.40. The maximum atomic E-state index is 12.5. The van der Waals surface area contributed by atoms with Crippen molar-refractivity contribution in [3.05, 3.63) is 28.8 Å². The second-order valence-electron chi connectivity index (χ2n) is 6.53. The zero-order valence-corrected chi connectivity index (χ0v) is 14.2. The summed E-state index contributed by atoms with van der Waals surface area (Å²) in [5, 5.41) is 0. The fourth-order valence-corrected chi connectivity index (χ4v) is 3.42. The van der Waals surface area contributed by atoms with Crippen LogP contribution in [-0.2, 0) is 4.79 Å². The lowest BCUT2D eigenvalue weighted by Gasteiger charge is -2.38. The minimum absolute atomic E-state index is 0.00657. The van der Waals surface area contributed by atoms with Gasteiger partial charge in [-0.05, 0) is 58.1 Å². The van der Waals surface area contributed by atoms with Gasteiger partial charge in [-0.25, -0.2) is 0 Å². The molecule has 1 fully saturated rings. The van der Waals surface area contributed by atoms with Gasteiger partial charge in [-0.2, -0.15) is 0 Å². The van der Waals surface area contributed by atoms with E-state index in [4.69, 9.17) is 10.5 Å². The first kappa shape index (κ1) is 16.8. The van der Waals surface area contributed by atoms with Crippen LogP contribution in [0.15, 0.2) is 12.1 Å². The van der Waals surface area contributed by atoms with E-state index >= 15 is 0 Å². The number of rotatable bonds is 4. The van der Waals surface area contributed by atoms with Crippen LogP contribution in [0.1, 0.15) is 42.9 Å². The average Bonchev–Trinajstić information content (AvgIpc) is 2.45. The van der Waals surface area contributed by atoms with Gasteiger partial charge in [0.05, 0.1) is 0 Å². The molecule has 0 radical (unpaired) electrons. The number of nitrogens with zero attached hydrogens (tertiary/aromatic N) is 1. The Morgan fingerprint density at radius 3 is 2.55 bits per heavy atom. The first-order chi connectivity index (χ1) is 10.4. The molecule has 0 spiro atoms. The maximum absolute atomic E-state index is 12.5.